The van der Waals surface area contributed by atoms with Crippen molar-refractivity contribution in [2.45, 2.75) is 63.4 Å². The third-order valence-electron chi connectivity index (χ3n) is 8.41. The molecule has 3 heterocycles. The highest BCUT2D eigenvalue weighted by Gasteiger charge is 2.47. The molecule has 2 aromatic carbocycles. The molecule has 246 valence electrons. The number of nitrogens with two attached hydrogens (primary N) is 1. The van der Waals surface area contributed by atoms with Gasteiger partial charge < -0.3 is 20.5 Å². The first-order valence-electron chi connectivity index (χ1n) is 14.9. The van der Waals surface area contributed by atoms with E-state index in [1.807, 2.05) is 0 Å². The SMILES string of the molecule is Cc1cc2cc(C(=O)NCC(c3cc4c(c(-c5ccc(F)c(C(C)F)c5)n3)OC[C@]4(C)C(N)=O)C(F)(F)F)cc(OC3CC3)c2nn1. The number of halogens is 5. The van der Waals surface area contributed by atoms with Gasteiger partial charge in [-0.3, -0.25) is 9.59 Å². The van der Waals surface area contributed by atoms with E-state index in [-0.39, 0.29) is 46.4 Å². The number of nitrogens with one attached hydrogen (secondary N) is 1. The second kappa shape index (κ2) is 11.7. The van der Waals surface area contributed by atoms with E-state index in [2.05, 4.69) is 20.5 Å². The number of aryl methyl sites for hydroxylation is 1. The maximum atomic E-state index is 14.7. The molecule has 6 rings (SSSR count). The minimum absolute atomic E-state index is 0.0261. The third kappa shape index (κ3) is 6.15. The fourth-order valence-electron chi connectivity index (χ4n) is 5.48. The summed E-state index contributed by atoms with van der Waals surface area (Å²) < 4.78 is 84.4. The van der Waals surface area contributed by atoms with Crippen molar-refractivity contribution in [3.8, 4) is 22.8 Å². The summed E-state index contributed by atoms with van der Waals surface area (Å²) >= 11 is 0. The van der Waals surface area contributed by atoms with Crippen LogP contribution in [0.15, 0.2) is 42.5 Å². The lowest BCUT2D eigenvalue weighted by Crippen LogP contribution is -2.40. The van der Waals surface area contributed by atoms with Gasteiger partial charge in [-0.05, 0) is 76.1 Å². The molecule has 3 atom stereocenters. The smallest absolute Gasteiger partial charge is 0.398 e. The summed E-state index contributed by atoms with van der Waals surface area (Å²) in [6.45, 7) is 3.04. The standard InChI is InChI=1S/C33H30F5N5O4/c1-15-8-18-9-19(11-26(27(18)43-42-15)47-20-5-6-20)30(44)40-13-23(33(36,37)38)25-12-22-29(46-14-32(22,3)31(39)45)28(41-25)17-4-7-24(35)21(10-17)16(2)34/h4,7-12,16,20,23H,5-6,13-14H2,1-3H3,(H2,39,45)(H,40,44)/t16?,23?,32-/m0/s1. The molecule has 3 N–H and O–H groups in total. The lowest BCUT2D eigenvalue weighted by atomic mass is 9.82. The van der Waals surface area contributed by atoms with E-state index in [9.17, 15) is 31.5 Å². The highest BCUT2D eigenvalue weighted by atomic mass is 19.4. The molecule has 0 radical (unpaired) electrons. The second-order valence-corrected chi connectivity index (χ2v) is 12.1. The van der Waals surface area contributed by atoms with Crippen LogP contribution in [0.2, 0.25) is 0 Å². The fraction of sp³-hybridized carbons (Fsp3) is 0.364. The highest BCUT2D eigenvalue weighted by molar-refractivity contribution is 6.00. The average Bonchev–Trinajstić information content (AvgIpc) is 3.76. The van der Waals surface area contributed by atoms with Crippen molar-refractivity contribution in [1.29, 1.82) is 0 Å². The summed E-state index contributed by atoms with van der Waals surface area (Å²) in [5.41, 5.74) is 4.25. The maximum absolute atomic E-state index is 14.7. The first-order valence-corrected chi connectivity index (χ1v) is 14.9. The minimum atomic E-state index is -4.92. The second-order valence-electron chi connectivity index (χ2n) is 12.1. The molecular weight excluding hydrogens is 625 g/mol. The molecule has 0 spiro atoms. The molecule has 0 saturated heterocycles. The summed E-state index contributed by atoms with van der Waals surface area (Å²) in [5.74, 6) is -4.59. The zero-order valence-corrected chi connectivity index (χ0v) is 25.5. The summed E-state index contributed by atoms with van der Waals surface area (Å²) in [6, 6.07) is 9.03. The van der Waals surface area contributed by atoms with Crippen LogP contribution >= 0.6 is 0 Å². The van der Waals surface area contributed by atoms with E-state index in [1.54, 1.807) is 13.0 Å². The van der Waals surface area contributed by atoms with Gasteiger partial charge in [-0.25, -0.2) is 13.8 Å². The Bertz CT molecular complexity index is 1910. The largest absolute Gasteiger partial charge is 0.489 e. The van der Waals surface area contributed by atoms with Crippen molar-refractivity contribution in [3.63, 3.8) is 0 Å². The number of fused-ring (bicyclic) bond motifs is 2. The Morgan fingerprint density at radius 2 is 1.89 bits per heavy atom. The number of aromatic nitrogens is 3. The van der Waals surface area contributed by atoms with Crippen LogP contribution in [0.1, 0.15) is 71.7 Å². The van der Waals surface area contributed by atoms with Gasteiger partial charge in [0.25, 0.3) is 5.91 Å². The van der Waals surface area contributed by atoms with E-state index in [4.69, 9.17) is 15.2 Å². The third-order valence-corrected chi connectivity index (χ3v) is 8.41. The van der Waals surface area contributed by atoms with Gasteiger partial charge in [0.1, 0.15) is 52.6 Å². The first-order chi connectivity index (χ1) is 22.2. The predicted molar refractivity (Wildman–Crippen MR) is 160 cm³/mol. The predicted octanol–water partition coefficient (Wildman–Crippen LogP) is 5.92. The summed E-state index contributed by atoms with van der Waals surface area (Å²) in [7, 11) is 0. The summed E-state index contributed by atoms with van der Waals surface area (Å²) in [5, 5.41) is 11.1. The monoisotopic (exact) mass is 655 g/mol. The number of amides is 2. The van der Waals surface area contributed by atoms with Crippen molar-refractivity contribution in [3.05, 3.63) is 76.4 Å². The number of hydrogen-bond acceptors (Lipinski definition) is 7. The zero-order chi connectivity index (χ0) is 33.8. The molecule has 1 aliphatic carbocycles. The number of benzene rings is 2. The molecule has 0 bridgehead atoms. The van der Waals surface area contributed by atoms with Crippen LogP contribution in [0.4, 0.5) is 22.0 Å². The topological polar surface area (TPSA) is 129 Å². The fourth-order valence-corrected chi connectivity index (χ4v) is 5.48. The molecular formula is C33H30F5N5O4. The van der Waals surface area contributed by atoms with E-state index >= 15 is 0 Å². The number of pyridine rings is 1. The number of alkyl halides is 4. The Labute approximate surface area is 265 Å². The lowest BCUT2D eigenvalue weighted by molar-refractivity contribution is -0.149. The molecule has 4 aromatic rings. The van der Waals surface area contributed by atoms with Crippen LogP contribution in [0, 0.1) is 12.7 Å². The van der Waals surface area contributed by atoms with Crippen molar-refractivity contribution >= 4 is 22.7 Å². The van der Waals surface area contributed by atoms with E-state index in [0.717, 1.165) is 38.0 Å². The van der Waals surface area contributed by atoms with Gasteiger partial charge in [-0.1, -0.05) is 0 Å². The van der Waals surface area contributed by atoms with E-state index in [0.29, 0.717) is 22.3 Å². The van der Waals surface area contributed by atoms with Gasteiger partial charge in [0.15, 0.2) is 0 Å². The number of carbonyl (C=O) groups is 2. The normalized spacial score (nSPS) is 18.7. The molecule has 1 aliphatic heterocycles. The van der Waals surface area contributed by atoms with E-state index in [1.165, 1.54) is 25.1 Å². The minimum Gasteiger partial charge on any atom is -0.489 e. The lowest BCUT2D eigenvalue weighted by Gasteiger charge is -2.24. The van der Waals surface area contributed by atoms with Gasteiger partial charge in [-0.2, -0.15) is 18.3 Å². The number of carbonyl (C=O) groups excluding carboxylic acids is 2. The number of hydrogen-bond donors (Lipinski definition) is 2. The molecule has 2 aliphatic rings. The van der Waals surface area contributed by atoms with Crippen molar-refractivity contribution < 1.29 is 41.0 Å². The summed E-state index contributed by atoms with van der Waals surface area (Å²) in [4.78, 5) is 30.1. The molecule has 2 aromatic heterocycles. The molecule has 2 amide bonds. The Balaban J connectivity index is 1.39. The quantitative estimate of drug-likeness (QED) is 0.214. The van der Waals surface area contributed by atoms with Crippen LogP contribution < -0.4 is 20.5 Å². The highest BCUT2D eigenvalue weighted by Crippen LogP contribution is 2.47. The maximum Gasteiger partial charge on any atom is 0.398 e. The Morgan fingerprint density at radius 1 is 1.15 bits per heavy atom. The Morgan fingerprint density at radius 3 is 2.55 bits per heavy atom. The van der Waals surface area contributed by atoms with Crippen molar-refractivity contribution in [1.82, 2.24) is 20.5 Å². The molecule has 9 nitrogen and oxygen atoms in total. The van der Waals surface area contributed by atoms with Gasteiger partial charge in [0.05, 0.1) is 17.5 Å². The first kappa shape index (κ1) is 32.1. The van der Waals surface area contributed by atoms with Gasteiger partial charge in [0.2, 0.25) is 5.91 Å². The molecule has 1 saturated carbocycles. The van der Waals surface area contributed by atoms with Crippen LogP contribution in [-0.4, -0.2) is 52.4 Å². The van der Waals surface area contributed by atoms with Gasteiger partial charge >= 0.3 is 6.18 Å². The van der Waals surface area contributed by atoms with Crippen LogP contribution in [0.3, 0.4) is 0 Å². The van der Waals surface area contributed by atoms with Crippen LogP contribution in [-0.2, 0) is 10.2 Å². The average molecular weight is 656 g/mol. The summed E-state index contributed by atoms with van der Waals surface area (Å²) in [6.07, 6.45) is -5.05. The number of nitrogens with zero attached hydrogens (tertiary/aromatic N) is 3. The Hall–Kier alpha value is -4.88. The molecule has 14 heteroatoms. The zero-order valence-electron chi connectivity index (χ0n) is 25.5. The Kier molecular flexibility index (Phi) is 8.00. The van der Waals surface area contributed by atoms with Gasteiger partial charge in [-0.15, -0.1) is 5.10 Å². The molecule has 2 unspecified atom stereocenters. The van der Waals surface area contributed by atoms with Crippen molar-refractivity contribution in [2.24, 2.45) is 5.73 Å². The van der Waals surface area contributed by atoms with Crippen molar-refractivity contribution in [2.75, 3.05) is 13.2 Å². The molecule has 1 fully saturated rings. The number of primary amides is 1. The van der Waals surface area contributed by atoms with Crippen LogP contribution in [0.5, 0.6) is 11.5 Å². The molecule has 47 heavy (non-hydrogen) atoms. The number of ether oxygens (including phenoxy) is 2. The van der Waals surface area contributed by atoms with Gasteiger partial charge in [0, 0.05) is 34.2 Å². The number of rotatable bonds is 9. The van der Waals surface area contributed by atoms with Crippen LogP contribution in [0.25, 0.3) is 22.2 Å². The van der Waals surface area contributed by atoms with E-state index < -0.39 is 53.6 Å².